The number of nitrogens with one attached hydrogen (secondary N) is 6. The van der Waals surface area contributed by atoms with Gasteiger partial charge in [-0.15, -0.1) is 0 Å². The molecular weight excluding hydrogens is 945 g/mol. The average Bonchev–Trinajstić information content (AvgIpc) is 3.30. The Bertz CT molecular complexity index is 1830. The van der Waals surface area contributed by atoms with Crippen molar-refractivity contribution in [3.63, 3.8) is 0 Å². The van der Waals surface area contributed by atoms with Crippen molar-refractivity contribution in [3.05, 3.63) is 0 Å². The third-order valence-corrected chi connectivity index (χ3v) is 10.5. The van der Waals surface area contributed by atoms with E-state index in [1.165, 1.54) is 0 Å². The molecule has 0 saturated heterocycles. The van der Waals surface area contributed by atoms with Gasteiger partial charge in [0.2, 0.25) is 41.4 Å². The third-order valence-electron chi connectivity index (χ3n) is 10.5. The lowest BCUT2D eigenvalue weighted by Crippen LogP contribution is -2.59. The number of nitrogens with two attached hydrogens (primary N) is 12. The largest absolute Gasteiger partial charge is 0.480 e. The number of primary amides is 1. The van der Waals surface area contributed by atoms with Gasteiger partial charge in [0.05, 0.1) is 6.04 Å². The highest BCUT2D eigenvalue weighted by molar-refractivity contribution is 5.97. The number of guanidine groups is 4. The molecule has 0 aliphatic heterocycles. The number of aliphatic imine (C=N–C) groups is 4. The van der Waals surface area contributed by atoms with Crippen molar-refractivity contribution in [2.24, 2.45) is 88.8 Å². The molecule has 0 unspecified atom stereocenters. The number of nitrogens with zero attached hydrogens (tertiary/aromatic N) is 4. The van der Waals surface area contributed by atoms with E-state index in [-0.39, 0.29) is 121 Å². The van der Waals surface area contributed by atoms with E-state index >= 15 is 0 Å². The minimum absolute atomic E-state index is 0.00436. The average molecular weight is 1030 g/mol. The summed E-state index contributed by atoms with van der Waals surface area (Å²) in [6, 6.07) is -9.31. The van der Waals surface area contributed by atoms with Gasteiger partial charge in [-0.1, -0.05) is 0 Å². The predicted molar refractivity (Wildman–Crippen MR) is 271 cm³/mol. The van der Waals surface area contributed by atoms with Crippen LogP contribution in [0.25, 0.3) is 0 Å². The van der Waals surface area contributed by atoms with E-state index in [1.807, 2.05) is 0 Å². The summed E-state index contributed by atoms with van der Waals surface area (Å²) in [6.45, 7) is 0.864. The first-order valence-electron chi connectivity index (χ1n) is 23.7. The Morgan fingerprint density at radius 2 is 0.625 bits per heavy atom. The number of carbonyl (C=O) groups excluding carboxylic acids is 7. The van der Waals surface area contributed by atoms with Crippen LogP contribution in [0.4, 0.5) is 0 Å². The third kappa shape index (κ3) is 31.0. The molecule has 0 radical (unpaired) electrons. The molecule has 31 heteroatoms. The Kier molecular flexibility index (Phi) is 33.7. The summed E-state index contributed by atoms with van der Waals surface area (Å²) in [5.41, 5.74) is 66.3. The van der Waals surface area contributed by atoms with Crippen molar-refractivity contribution in [3.8, 4) is 0 Å². The summed E-state index contributed by atoms with van der Waals surface area (Å²) in [5.74, 6) is -8.07. The van der Waals surface area contributed by atoms with Crippen LogP contribution in [0.2, 0.25) is 0 Å². The van der Waals surface area contributed by atoms with E-state index in [4.69, 9.17) is 68.8 Å². The van der Waals surface area contributed by atoms with Crippen molar-refractivity contribution in [1.29, 1.82) is 0 Å². The minimum atomic E-state index is -1.54. The second-order valence-electron chi connectivity index (χ2n) is 16.7. The van der Waals surface area contributed by atoms with Gasteiger partial charge in [0.15, 0.2) is 23.8 Å². The van der Waals surface area contributed by atoms with Gasteiger partial charge in [-0.05, 0) is 109 Å². The highest BCUT2D eigenvalue weighted by Gasteiger charge is 2.34. The van der Waals surface area contributed by atoms with Gasteiger partial charge in [-0.25, -0.2) is 4.79 Å². The van der Waals surface area contributed by atoms with E-state index in [0.717, 1.165) is 0 Å². The van der Waals surface area contributed by atoms with Crippen molar-refractivity contribution in [2.75, 3.05) is 39.3 Å². The molecule has 0 aromatic heterocycles. The molecule has 7 atom stereocenters. The van der Waals surface area contributed by atoms with Gasteiger partial charge in [0.25, 0.3) is 0 Å². The zero-order valence-corrected chi connectivity index (χ0v) is 41.0. The fourth-order valence-corrected chi connectivity index (χ4v) is 6.68. The SMILES string of the molecule is NCCCC[C@H](NC(=O)[C@H](CCCCN)NC(=O)[C@@H](N)CCCN=C(N)N)C(=O)N[C@@H](CCCN=C(N)N)C(=O)N[C@@H](CCCN=C(N)N)C(=O)N[C@@H](CCC(N)=O)C(=O)N[C@@H](CCCN=C(N)N)C(=O)O. The van der Waals surface area contributed by atoms with Crippen LogP contribution in [0.5, 0.6) is 0 Å². The van der Waals surface area contributed by atoms with Crippen molar-refractivity contribution in [2.45, 2.75) is 145 Å². The fourth-order valence-electron chi connectivity index (χ4n) is 6.68. The van der Waals surface area contributed by atoms with Crippen LogP contribution < -0.4 is 101 Å². The Balaban J connectivity index is 6.86. The highest BCUT2D eigenvalue weighted by atomic mass is 16.4. The van der Waals surface area contributed by atoms with Crippen LogP contribution in [0.3, 0.4) is 0 Å². The minimum Gasteiger partial charge on any atom is -0.480 e. The van der Waals surface area contributed by atoms with E-state index in [2.05, 4.69) is 51.9 Å². The summed E-state index contributed by atoms with van der Waals surface area (Å²) in [6.07, 6.45) is 1.72. The first-order valence-corrected chi connectivity index (χ1v) is 23.7. The van der Waals surface area contributed by atoms with Gasteiger partial charge < -0.3 is 106 Å². The summed E-state index contributed by atoms with van der Waals surface area (Å²) < 4.78 is 0. The molecule has 0 heterocycles. The van der Waals surface area contributed by atoms with Crippen LogP contribution in [-0.2, 0) is 38.4 Å². The maximum Gasteiger partial charge on any atom is 0.326 e. The number of carboxylic acid groups (broad SMARTS) is 1. The predicted octanol–water partition coefficient (Wildman–Crippen LogP) is -7.95. The van der Waals surface area contributed by atoms with Gasteiger partial charge in [-0.2, -0.15) is 0 Å². The number of carbonyl (C=O) groups is 8. The Hall–Kier alpha value is -7.28. The Morgan fingerprint density at radius 1 is 0.361 bits per heavy atom. The number of amides is 7. The fraction of sp³-hybridized carbons (Fsp3) is 0.707. The Morgan fingerprint density at radius 3 is 0.917 bits per heavy atom. The first kappa shape index (κ1) is 64.7. The lowest BCUT2D eigenvalue weighted by molar-refractivity contribution is -0.142. The smallest absolute Gasteiger partial charge is 0.326 e. The van der Waals surface area contributed by atoms with Crippen LogP contribution in [0.1, 0.15) is 103 Å². The van der Waals surface area contributed by atoms with E-state index in [0.29, 0.717) is 38.6 Å². The zero-order valence-electron chi connectivity index (χ0n) is 41.0. The molecule has 0 aromatic carbocycles. The van der Waals surface area contributed by atoms with Crippen molar-refractivity contribution in [1.82, 2.24) is 31.9 Å². The maximum atomic E-state index is 14.3. The Labute approximate surface area is 418 Å². The van der Waals surface area contributed by atoms with Crippen LogP contribution in [0.15, 0.2) is 20.0 Å². The van der Waals surface area contributed by atoms with Gasteiger partial charge in [-0.3, -0.25) is 53.5 Å². The number of carboxylic acids is 1. The van der Waals surface area contributed by atoms with Gasteiger partial charge in [0.1, 0.15) is 36.3 Å². The molecule has 0 aliphatic carbocycles. The molecule has 0 saturated carbocycles. The second-order valence-corrected chi connectivity index (χ2v) is 16.7. The van der Waals surface area contributed by atoms with Gasteiger partial charge >= 0.3 is 5.97 Å². The zero-order chi connectivity index (χ0) is 54.6. The second kappa shape index (κ2) is 37.5. The molecule has 31 nitrogen and oxygen atoms in total. The highest BCUT2D eigenvalue weighted by Crippen LogP contribution is 2.11. The van der Waals surface area contributed by atoms with Crippen LogP contribution in [0, 0.1) is 0 Å². The quantitative estimate of drug-likeness (QED) is 0.0154. The molecule has 0 aliphatic rings. The lowest BCUT2D eigenvalue weighted by Gasteiger charge is -2.28. The number of hydrogen-bond donors (Lipinski definition) is 19. The van der Waals surface area contributed by atoms with Gasteiger partial charge in [0, 0.05) is 32.6 Å². The summed E-state index contributed by atoms with van der Waals surface area (Å²) >= 11 is 0. The molecule has 0 spiro atoms. The molecule has 7 amide bonds. The number of aliphatic carboxylic acids is 1. The molecule has 0 bridgehead atoms. The topological polar surface area (TPSA) is 591 Å². The van der Waals surface area contributed by atoms with Crippen LogP contribution in [-0.4, -0.2) is 158 Å². The van der Waals surface area contributed by atoms with E-state index in [9.17, 15) is 43.5 Å². The number of rotatable bonds is 40. The number of unbranched alkanes of at least 4 members (excludes halogenated alkanes) is 2. The molecule has 410 valence electrons. The molecule has 31 N–H and O–H groups in total. The molecule has 0 fully saturated rings. The monoisotopic (exact) mass is 1030 g/mol. The van der Waals surface area contributed by atoms with E-state index < -0.39 is 96.0 Å². The maximum absolute atomic E-state index is 14.3. The van der Waals surface area contributed by atoms with Crippen molar-refractivity contribution < 1.29 is 43.5 Å². The normalized spacial score (nSPS) is 13.7. The summed E-state index contributed by atoms with van der Waals surface area (Å²) in [5, 5.41) is 25.3. The first-order chi connectivity index (χ1) is 34.0. The summed E-state index contributed by atoms with van der Waals surface area (Å²) in [7, 11) is 0. The van der Waals surface area contributed by atoms with Crippen molar-refractivity contribution >= 4 is 71.2 Å². The molecule has 72 heavy (non-hydrogen) atoms. The molecule has 0 rings (SSSR count). The number of hydrogen-bond acceptors (Lipinski definition) is 15. The standard InChI is InChI=1S/C41H82N22O9/c42-17-3-1-10-24(58-31(65)23(44)9-5-19-54-38(46)47)32(66)59-25(11-2-4-18-43)33(67)60-26(12-6-20-55-39(48)49)34(68)61-27(13-7-21-56-40(50)51)35(69)62-28(15-16-30(45)64)36(70)63-29(37(71)72)14-8-22-57-41(52)53/h23-29H,1-22,42-44H2,(H2,45,64)(H,58,65)(H,59,66)(H,60,67)(H,61,68)(H,62,69)(H,63,70)(H,71,72)(H4,46,47,54)(H4,48,49,55)(H4,50,51,56)(H4,52,53,57)/t23-,24-,25-,26-,27-,28-,29-/m0/s1. The lowest BCUT2D eigenvalue weighted by atomic mass is 10.0. The molecular formula is C41H82N22O9. The van der Waals surface area contributed by atoms with E-state index in [1.54, 1.807) is 0 Å². The summed E-state index contributed by atoms with van der Waals surface area (Å²) in [4.78, 5) is 123. The molecule has 0 aromatic rings. The van der Waals surface area contributed by atoms with Crippen LogP contribution >= 0.6 is 0 Å².